The predicted octanol–water partition coefficient (Wildman–Crippen LogP) is 1.34. The molecular formula is C18H20N4O5S. The first kappa shape index (κ1) is 18.7. The van der Waals surface area contributed by atoms with Crippen molar-refractivity contribution in [3.63, 3.8) is 0 Å². The molecule has 0 spiro atoms. The van der Waals surface area contributed by atoms with Crippen LogP contribution in [-0.2, 0) is 32.6 Å². The molecule has 2 aliphatic rings. The molecule has 1 N–H and O–H groups in total. The molecule has 1 saturated heterocycles. The van der Waals surface area contributed by atoms with Crippen LogP contribution in [0.15, 0.2) is 46.4 Å². The fourth-order valence-electron chi connectivity index (χ4n) is 3.20. The Hall–Kier alpha value is -2.69. The van der Waals surface area contributed by atoms with Crippen LogP contribution in [0.1, 0.15) is 11.3 Å². The van der Waals surface area contributed by atoms with E-state index < -0.39 is 10.0 Å². The van der Waals surface area contributed by atoms with Gasteiger partial charge in [0.15, 0.2) is 5.88 Å². The number of morpholine rings is 1. The molecule has 28 heavy (non-hydrogen) atoms. The highest BCUT2D eigenvalue weighted by Crippen LogP contribution is 2.32. The van der Waals surface area contributed by atoms with Crippen molar-refractivity contribution >= 4 is 27.6 Å². The molecule has 0 saturated carbocycles. The number of carbonyl (C=O) groups is 1. The van der Waals surface area contributed by atoms with Crippen molar-refractivity contribution in [3.8, 4) is 0 Å². The zero-order chi connectivity index (χ0) is 19.7. The lowest BCUT2D eigenvalue weighted by Crippen LogP contribution is -2.36. The van der Waals surface area contributed by atoms with Crippen LogP contribution in [0.25, 0.3) is 0 Å². The number of pyridine rings is 1. The molecule has 4 rings (SSSR count). The smallest absolute Gasteiger partial charge is 0.250 e. The second kappa shape index (κ2) is 7.38. The van der Waals surface area contributed by atoms with Gasteiger partial charge in [0, 0.05) is 37.5 Å². The third kappa shape index (κ3) is 3.53. The molecular weight excluding hydrogens is 384 g/mol. The Morgan fingerprint density at radius 3 is 2.68 bits per heavy atom. The van der Waals surface area contributed by atoms with E-state index in [1.165, 1.54) is 10.5 Å². The number of amides is 1. The van der Waals surface area contributed by atoms with Crippen LogP contribution in [0, 0.1) is 0 Å². The van der Waals surface area contributed by atoms with Gasteiger partial charge >= 0.3 is 0 Å². The van der Waals surface area contributed by atoms with E-state index in [1.807, 2.05) is 0 Å². The number of furan rings is 1. The summed E-state index contributed by atoms with van der Waals surface area (Å²) in [4.78, 5) is 17.9. The number of hydrogen-bond donors (Lipinski definition) is 1. The number of fused-ring (bicyclic) bond motifs is 1. The standard InChI is InChI=1S/C18H20N4O5S/c1-2-17(23)20-18-9-13-11-22(12-15(13)27-18)28(24,25)14-3-4-16(19-10-14)21-5-7-26-8-6-21/h2-4,9-10H,1,5-8,11-12H2,(H,20,23). The van der Waals surface area contributed by atoms with Crippen LogP contribution in [0.3, 0.4) is 0 Å². The van der Waals surface area contributed by atoms with E-state index in [-0.39, 0.29) is 29.8 Å². The van der Waals surface area contributed by atoms with E-state index in [0.29, 0.717) is 19.0 Å². The maximum absolute atomic E-state index is 12.9. The second-order valence-corrected chi connectivity index (χ2v) is 8.41. The average Bonchev–Trinajstić information content (AvgIpc) is 3.28. The quantitative estimate of drug-likeness (QED) is 0.750. The molecule has 2 aromatic heterocycles. The van der Waals surface area contributed by atoms with Gasteiger partial charge in [-0.05, 0) is 18.2 Å². The number of sulfonamides is 1. The van der Waals surface area contributed by atoms with E-state index >= 15 is 0 Å². The molecule has 2 aromatic rings. The molecule has 0 radical (unpaired) electrons. The second-order valence-electron chi connectivity index (χ2n) is 6.48. The van der Waals surface area contributed by atoms with Gasteiger partial charge in [-0.1, -0.05) is 6.58 Å². The van der Waals surface area contributed by atoms with Gasteiger partial charge in [0.1, 0.15) is 16.5 Å². The summed E-state index contributed by atoms with van der Waals surface area (Å²) in [6.45, 7) is 6.39. The van der Waals surface area contributed by atoms with E-state index in [1.54, 1.807) is 18.2 Å². The Balaban J connectivity index is 1.47. The number of aromatic nitrogens is 1. The average molecular weight is 404 g/mol. The largest absolute Gasteiger partial charge is 0.444 e. The van der Waals surface area contributed by atoms with Crippen LogP contribution in [-0.4, -0.2) is 49.9 Å². The van der Waals surface area contributed by atoms with Gasteiger partial charge < -0.3 is 14.1 Å². The van der Waals surface area contributed by atoms with Crippen molar-refractivity contribution in [3.05, 3.63) is 48.4 Å². The Kier molecular flexibility index (Phi) is 4.92. The van der Waals surface area contributed by atoms with Gasteiger partial charge in [0.05, 0.1) is 19.8 Å². The molecule has 148 valence electrons. The van der Waals surface area contributed by atoms with Gasteiger partial charge in [-0.2, -0.15) is 4.31 Å². The number of hydrogen-bond acceptors (Lipinski definition) is 7. The molecule has 1 amide bonds. The first-order valence-corrected chi connectivity index (χ1v) is 10.3. The number of carbonyl (C=O) groups excluding carboxylic acids is 1. The molecule has 0 unspecified atom stereocenters. The van der Waals surface area contributed by atoms with E-state index in [0.717, 1.165) is 30.5 Å². The lowest BCUT2D eigenvalue weighted by atomic mass is 10.3. The molecule has 0 aliphatic carbocycles. The Morgan fingerprint density at radius 2 is 2.04 bits per heavy atom. The fourth-order valence-corrected chi connectivity index (χ4v) is 4.52. The van der Waals surface area contributed by atoms with Crippen molar-refractivity contribution in [1.29, 1.82) is 0 Å². The minimum Gasteiger partial charge on any atom is -0.444 e. The summed E-state index contributed by atoms with van der Waals surface area (Å²) in [6.07, 6.45) is 2.52. The van der Waals surface area contributed by atoms with Crippen molar-refractivity contribution in [1.82, 2.24) is 9.29 Å². The van der Waals surface area contributed by atoms with Gasteiger partial charge in [-0.3, -0.25) is 10.1 Å². The number of anilines is 2. The van der Waals surface area contributed by atoms with Gasteiger partial charge in [-0.15, -0.1) is 0 Å². The molecule has 10 heteroatoms. The fraction of sp³-hybridized carbons (Fsp3) is 0.333. The summed E-state index contributed by atoms with van der Waals surface area (Å²) in [5.74, 6) is 1.14. The molecule has 0 atom stereocenters. The van der Waals surface area contributed by atoms with Gasteiger partial charge in [0.25, 0.3) is 0 Å². The summed E-state index contributed by atoms with van der Waals surface area (Å²) in [6, 6.07) is 4.92. The summed E-state index contributed by atoms with van der Waals surface area (Å²) in [5, 5.41) is 2.53. The zero-order valence-electron chi connectivity index (χ0n) is 15.1. The Labute approximate surface area is 162 Å². The summed E-state index contributed by atoms with van der Waals surface area (Å²) in [5.41, 5.74) is 0.723. The number of nitrogens with one attached hydrogen (secondary N) is 1. The lowest BCUT2D eigenvalue weighted by Gasteiger charge is -2.27. The molecule has 1 fully saturated rings. The summed E-state index contributed by atoms with van der Waals surface area (Å²) < 4.78 is 38.0. The minimum absolute atomic E-state index is 0.104. The van der Waals surface area contributed by atoms with E-state index in [9.17, 15) is 13.2 Å². The van der Waals surface area contributed by atoms with Crippen molar-refractivity contribution in [2.45, 2.75) is 18.0 Å². The number of nitrogens with zero attached hydrogens (tertiary/aromatic N) is 3. The lowest BCUT2D eigenvalue weighted by molar-refractivity contribution is -0.112. The van der Waals surface area contributed by atoms with Crippen LogP contribution in [0.5, 0.6) is 0 Å². The van der Waals surface area contributed by atoms with E-state index in [4.69, 9.17) is 9.15 Å². The topological polar surface area (TPSA) is 105 Å². The van der Waals surface area contributed by atoms with Crippen LogP contribution >= 0.6 is 0 Å². The SMILES string of the molecule is C=CC(=O)Nc1cc2c(o1)CN(S(=O)(=O)c1ccc(N3CCOCC3)nc1)C2. The normalized spacial score (nSPS) is 17.4. The molecule has 2 aliphatic heterocycles. The molecule has 0 bridgehead atoms. The number of ether oxygens (including phenoxy) is 1. The van der Waals surface area contributed by atoms with Crippen molar-refractivity contribution in [2.75, 3.05) is 36.5 Å². The van der Waals surface area contributed by atoms with Crippen molar-refractivity contribution < 1.29 is 22.4 Å². The minimum atomic E-state index is -3.70. The molecule has 9 nitrogen and oxygen atoms in total. The van der Waals surface area contributed by atoms with Gasteiger partial charge in [0.2, 0.25) is 15.9 Å². The van der Waals surface area contributed by atoms with Crippen LogP contribution in [0.4, 0.5) is 11.7 Å². The summed E-state index contributed by atoms with van der Waals surface area (Å²) >= 11 is 0. The Bertz CT molecular complexity index is 970. The third-order valence-electron chi connectivity index (χ3n) is 4.69. The summed E-state index contributed by atoms with van der Waals surface area (Å²) in [7, 11) is -3.70. The first-order valence-electron chi connectivity index (χ1n) is 8.81. The maximum atomic E-state index is 12.9. The van der Waals surface area contributed by atoms with E-state index in [2.05, 4.69) is 21.8 Å². The highest BCUT2D eigenvalue weighted by Gasteiger charge is 2.34. The first-order chi connectivity index (χ1) is 13.5. The highest BCUT2D eigenvalue weighted by molar-refractivity contribution is 7.89. The van der Waals surface area contributed by atoms with Gasteiger partial charge in [-0.25, -0.2) is 13.4 Å². The monoisotopic (exact) mass is 404 g/mol. The van der Waals surface area contributed by atoms with Crippen LogP contribution < -0.4 is 10.2 Å². The number of rotatable bonds is 5. The maximum Gasteiger partial charge on any atom is 0.250 e. The predicted molar refractivity (Wildman–Crippen MR) is 101 cm³/mol. The third-order valence-corrected chi connectivity index (χ3v) is 6.46. The molecule has 0 aromatic carbocycles. The zero-order valence-corrected chi connectivity index (χ0v) is 15.9. The van der Waals surface area contributed by atoms with Crippen molar-refractivity contribution in [2.24, 2.45) is 0 Å². The Morgan fingerprint density at radius 1 is 1.25 bits per heavy atom. The van der Waals surface area contributed by atoms with Crippen LogP contribution in [0.2, 0.25) is 0 Å². The molecule has 4 heterocycles. The highest BCUT2D eigenvalue weighted by atomic mass is 32.2.